The van der Waals surface area contributed by atoms with Crippen molar-refractivity contribution in [1.82, 2.24) is 5.32 Å². The average Bonchev–Trinajstić information content (AvgIpc) is 2.69. The lowest BCUT2D eigenvalue weighted by Gasteiger charge is -2.28. The van der Waals surface area contributed by atoms with Crippen LogP contribution < -0.4 is 9.62 Å². The number of sulfonamides is 1. The van der Waals surface area contributed by atoms with Gasteiger partial charge in [-0.05, 0) is 31.9 Å². The van der Waals surface area contributed by atoms with E-state index in [1.807, 2.05) is 0 Å². The molecule has 1 fully saturated rings. The number of anilines is 1. The van der Waals surface area contributed by atoms with Crippen molar-refractivity contribution in [2.45, 2.75) is 25.8 Å². The first-order valence-corrected chi connectivity index (χ1v) is 11.1. The van der Waals surface area contributed by atoms with Gasteiger partial charge in [-0.15, -0.1) is 0 Å². The molecule has 0 saturated carbocycles. The van der Waals surface area contributed by atoms with Crippen molar-refractivity contribution in [3.05, 3.63) is 29.8 Å². The van der Waals surface area contributed by atoms with Gasteiger partial charge in [-0.2, -0.15) is 0 Å². The number of rotatable bonds is 5. The Balaban J connectivity index is 2.19. The Kier molecular flexibility index (Phi) is 4.96. The fraction of sp³-hybridized carbons (Fsp3) is 0.533. The number of aryl methyl sites for hydroxylation is 1. The van der Waals surface area contributed by atoms with Gasteiger partial charge in [0.05, 0.1) is 29.0 Å². The largest absolute Gasteiger partial charge is 0.348 e. The molecule has 0 radical (unpaired) electrons. The summed E-state index contributed by atoms with van der Waals surface area (Å²) in [5, 5.41) is 2.68. The molecule has 1 aromatic carbocycles. The molecule has 0 bridgehead atoms. The molecule has 24 heavy (non-hydrogen) atoms. The Morgan fingerprint density at radius 1 is 1.33 bits per heavy atom. The number of carbonyl (C=O) groups is 1. The number of nitrogens with one attached hydrogen (secondary N) is 1. The van der Waals surface area contributed by atoms with Crippen LogP contribution in [0.15, 0.2) is 24.3 Å². The molecule has 1 heterocycles. The molecule has 0 aliphatic carbocycles. The minimum atomic E-state index is -3.66. The van der Waals surface area contributed by atoms with Gasteiger partial charge in [0.2, 0.25) is 15.9 Å². The van der Waals surface area contributed by atoms with Crippen LogP contribution in [0, 0.1) is 6.92 Å². The van der Waals surface area contributed by atoms with Crippen LogP contribution >= 0.6 is 0 Å². The number of benzene rings is 1. The number of hydrogen-bond donors (Lipinski definition) is 1. The second-order valence-electron chi connectivity index (χ2n) is 6.51. The molecule has 7 nitrogen and oxygen atoms in total. The van der Waals surface area contributed by atoms with Crippen LogP contribution in [0.2, 0.25) is 0 Å². The molecule has 0 aromatic heterocycles. The summed E-state index contributed by atoms with van der Waals surface area (Å²) in [7, 11) is -6.82. The predicted molar refractivity (Wildman–Crippen MR) is 93.2 cm³/mol. The molecular weight excluding hydrogens is 352 g/mol. The van der Waals surface area contributed by atoms with Gasteiger partial charge in [-0.1, -0.05) is 18.2 Å². The van der Waals surface area contributed by atoms with Gasteiger partial charge in [0.1, 0.15) is 6.54 Å². The minimum Gasteiger partial charge on any atom is -0.348 e. The minimum absolute atomic E-state index is 0.0252. The number of sulfone groups is 1. The third kappa shape index (κ3) is 4.47. The zero-order chi connectivity index (χ0) is 18.2. The summed E-state index contributed by atoms with van der Waals surface area (Å²) in [6.07, 6.45) is 1.36. The monoisotopic (exact) mass is 374 g/mol. The summed E-state index contributed by atoms with van der Waals surface area (Å²) < 4.78 is 48.4. The lowest BCUT2D eigenvalue weighted by Crippen LogP contribution is -2.51. The van der Waals surface area contributed by atoms with Gasteiger partial charge in [0, 0.05) is 0 Å². The van der Waals surface area contributed by atoms with Crippen LogP contribution in [0.4, 0.5) is 5.69 Å². The van der Waals surface area contributed by atoms with Crippen molar-refractivity contribution in [3.8, 4) is 0 Å². The smallest absolute Gasteiger partial charge is 0.241 e. The quantitative estimate of drug-likeness (QED) is 0.807. The fourth-order valence-corrected chi connectivity index (χ4v) is 5.85. The normalized spacial score (nSPS) is 23.0. The van der Waals surface area contributed by atoms with Crippen molar-refractivity contribution in [2.75, 3.05) is 28.6 Å². The highest BCUT2D eigenvalue weighted by Gasteiger charge is 2.39. The molecule has 2 rings (SSSR count). The summed E-state index contributed by atoms with van der Waals surface area (Å²) in [4.78, 5) is 12.3. The summed E-state index contributed by atoms with van der Waals surface area (Å²) in [6, 6.07) is 6.87. The van der Waals surface area contributed by atoms with E-state index in [-0.39, 0.29) is 18.1 Å². The Bertz CT molecular complexity index is 848. The first kappa shape index (κ1) is 18.7. The molecule has 1 aliphatic rings. The molecule has 134 valence electrons. The number of hydrogen-bond acceptors (Lipinski definition) is 5. The van der Waals surface area contributed by atoms with E-state index in [1.54, 1.807) is 38.1 Å². The van der Waals surface area contributed by atoms with E-state index in [1.165, 1.54) is 0 Å². The number of nitrogens with zero attached hydrogens (tertiary/aromatic N) is 1. The van der Waals surface area contributed by atoms with E-state index in [9.17, 15) is 21.6 Å². The summed E-state index contributed by atoms with van der Waals surface area (Å²) in [5.41, 5.74) is 0.301. The number of carbonyl (C=O) groups excluding carboxylic acids is 1. The second-order valence-corrected chi connectivity index (χ2v) is 10.6. The van der Waals surface area contributed by atoms with E-state index < -0.39 is 31.3 Å². The topological polar surface area (TPSA) is 101 Å². The molecular formula is C15H22N2O5S2. The van der Waals surface area contributed by atoms with Gasteiger partial charge in [-0.3, -0.25) is 9.10 Å². The van der Waals surface area contributed by atoms with Crippen LogP contribution in [0.25, 0.3) is 0 Å². The Morgan fingerprint density at radius 3 is 2.46 bits per heavy atom. The average molecular weight is 374 g/mol. The Morgan fingerprint density at radius 2 is 1.96 bits per heavy atom. The first-order chi connectivity index (χ1) is 10.9. The highest BCUT2D eigenvalue weighted by molar-refractivity contribution is 7.92. The molecule has 0 spiro atoms. The Labute approximate surface area is 143 Å². The maximum atomic E-state index is 12.3. The summed E-state index contributed by atoms with van der Waals surface area (Å²) in [5.74, 6) is -0.630. The van der Waals surface area contributed by atoms with E-state index in [0.717, 1.165) is 16.1 Å². The van der Waals surface area contributed by atoms with Crippen LogP contribution in [0.3, 0.4) is 0 Å². The van der Waals surface area contributed by atoms with Crippen LogP contribution in [-0.2, 0) is 24.7 Å². The van der Waals surface area contributed by atoms with Crippen molar-refractivity contribution in [1.29, 1.82) is 0 Å². The van der Waals surface area contributed by atoms with Gasteiger partial charge < -0.3 is 5.32 Å². The lowest BCUT2D eigenvalue weighted by atomic mass is 10.0. The summed E-state index contributed by atoms with van der Waals surface area (Å²) >= 11 is 0. The molecule has 9 heteroatoms. The second kappa shape index (κ2) is 6.36. The van der Waals surface area contributed by atoms with Crippen molar-refractivity contribution < 1.29 is 21.6 Å². The molecule has 1 aromatic rings. The van der Waals surface area contributed by atoms with Gasteiger partial charge >= 0.3 is 0 Å². The lowest BCUT2D eigenvalue weighted by molar-refractivity contribution is -0.121. The molecule has 0 unspecified atom stereocenters. The molecule has 1 N–H and O–H groups in total. The maximum absolute atomic E-state index is 12.3. The molecule has 1 saturated heterocycles. The highest BCUT2D eigenvalue weighted by Crippen LogP contribution is 2.24. The zero-order valence-corrected chi connectivity index (χ0v) is 15.6. The fourth-order valence-electron chi connectivity index (χ4n) is 2.84. The SMILES string of the molecule is Cc1ccccc1N(CC(=O)N[C@]1(C)CCS(=O)(=O)C1)S(C)(=O)=O. The molecule has 1 aliphatic heterocycles. The van der Waals surface area contributed by atoms with Crippen molar-refractivity contribution in [3.63, 3.8) is 0 Å². The third-order valence-electron chi connectivity index (χ3n) is 4.02. The zero-order valence-electron chi connectivity index (χ0n) is 13.9. The van der Waals surface area contributed by atoms with Crippen molar-refractivity contribution >= 4 is 31.5 Å². The standard InChI is InChI=1S/C15H22N2O5S2/c1-12-6-4-5-7-13(12)17(23(3,19)20)10-14(18)16-15(2)8-9-24(21,22)11-15/h4-7H,8-11H2,1-3H3,(H,16,18)/t15-/m1/s1. The first-order valence-electron chi connectivity index (χ1n) is 7.47. The van der Waals surface area contributed by atoms with Crippen LogP contribution in [0.5, 0.6) is 0 Å². The molecule has 1 atom stereocenters. The van der Waals surface area contributed by atoms with Gasteiger partial charge in [0.15, 0.2) is 9.84 Å². The molecule has 1 amide bonds. The third-order valence-corrected chi connectivity index (χ3v) is 7.05. The van der Waals surface area contributed by atoms with Crippen molar-refractivity contribution in [2.24, 2.45) is 0 Å². The van der Waals surface area contributed by atoms with Crippen LogP contribution in [0.1, 0.15) is 18.9 Å². The number of amides is 1. The van der Waals surface area contributed by atoms with E-state index in [2.05, 4.69) is 5.32 Å². The highest BCUT2D eigenvalue weighted by atomic mass is 32.2. The summed E-state index contributed by atoms with van der Waals surface area (Å²) in [6.45, 7) is 3.03. The maximum Gasteiger partial charge on any atom is 0.241 e. The van der Waals surface area contributed by atoms with Crippen LogP contribution in [-0.4, -0.2) is 52.6 Å². The van der Waals surface area contributed by atoms with E-state index in [4.69, 9.17) is 0 Å². The number of para-hydroxylation sites is 1. The Hall–Kier alpha value is -1.61. The van der Waals surface area contributed by atoms with E-state index in [0.29, 0.717) is 12.1 Å². The van der Waals surface area contributed by atoms with Gasteiger partial charge in [-0.25, -0.2) is 16.8 Å². The van der Waals surface area contributed by atoms with E-state index >= 15 is 0 Å². The van der Waals surface area contributed by atoms with Gasteiger partial charge in [0.25, 0.3) is 0 Å². The predicted octanol–water partition coefficient (Wildman–Crippen LogP) is 0.454.